The van der Waals surface area contributed by atoms with Crippen LogP contribution in [0.2, 0.25) is 0 Å². The molecule has 0 saturated carbocycles. The second-order valence-corrected chi connectivity index (χ2v) is 7.27. The van der Waals surface area contributed by atoms with Crippen molar-refractivity contribution in [1.29, 1.82) is 0 Å². The highest BCUT2D eigenvalue weighted by Gasteiger charge is 2.14. The van der Waals surface area contributed by atoms with Crippen molar-refractivity contribution in [3.05, 3.63) is 59.9 Å². The molecule has 1 heterocycles. The number of ether oxygens (including phenoxy) is 2. The maximum absolute atomic E-state index is 12.3. The van der Waals surface area contributed by atoms with Crippen LogP contribution in [0.3, 0.4) is 0 Å². The highest BCUT2D eigenvalue weighted by Crippen LogP contribution is 2.21. The number of carboxylic acid groups (broad SMARTS) is 1. The van der Waals surface area contributed by atoms with Gasteiger partial charge in [-0.2, -0.15) is 0 Å². The Hall–Kier alpha value is -3.53. The minimum atomic E-state index is -1.05. The minimum absolute atomic E-state index is 0.106. The monoisotopic (exact) mass is 442 g/mol. The molecule has 10 heteroatoms. The van der Waals surface area contributed by atoms with Gasteiger partial charge in [0.25, 0.3) is 0 Å². The van der Waals surface area contributed by atoms with E-state index < -0.39 is 5.97 Å². The lowest BCUT2D eigenvalue weighted by Crippen LogP contribution is -2.15. The molecular formula is C21H22N4O5S. The van der Waals surface area contributed by atoms with Gasteiger partial charge >= 0.3 is 5.97 Å². The Kier molecular flexibility index (Phi) is 7.50. The molecular weight excluding hydrogens is 420 g/mol. The van der Waals surface area contributed by atoms with Crippen LogP contribution < -0.4 is 14.8 Å². The molecule has 0 radical (unpaired) electrons. The Bertz CT molecular complexity index is 1050. The Morgan fingerprint density at radius 2 is 1.87 bits per heavy atom. The lowest BCUT2D eigenvalue weighted by Gasteiger charge is -2.09. The molecule has 0 aliphatic carbocycles. The van der Waals surface area contributed by atoms with Crippen LogP contribution in [0.15, 0.2) is 53.7 Å². The zero-order chi connectivity index (χ0) is 22.2. The molecule has 9 nitrogen and oxygen atoms in total. The molecule has 3 aromatic rings. The summed E-state index contributed by atoms with van der Waals surface area (Å²) in [6, 6.07) is 13.3. The maximum atomic E-state index is 12.3. The largest absolute Gasteiger partial charge is 0.497 e. The summed E-state index contributed by atoms with van der Waals surface area (Å²) in [5.74, 6) is 0.865. The average Bonchev–Trinajstić information content (AvgIpc) is 3.18. The van der Waals surface area contributed by atoms with Crippen molar-refractivity contribution >= 4 is 29.3 Å². The van der Waals surface area contributed by atoms with E-state index in [1.54, 1.807) is 19.2 Å². The van der Waals surface area contributed by atoms with Crippen molar-refractivity contribution in [3.63, 3.8) is 0 Å². The molecule has 0 bridgehead atoms. The van der Waals surface area contributed by atoms with Crippen LogP contribution >= 0.6 is 11.8 Å². The Balaban J connectivity index is 1.56. The molecule has 1 aromatic heterocycles. The first kappa shape index (κ1) is 22.2. The van der Waals surface area contributed by atoms with E-state index in [1.165, 1.54) is 23.9 Å². The van der Waals surface area contributed by atoms with Gasteiger partial charge in [0.1, 0.15) is 18.1 Å². The molecule has 0 fully saturated rings. The number of carbonyl (C=O) groups excluding carboxylic acids is 1. The summed E-state index contributed by atoms with van der Waals surface area (Å²) in [4.78, 5) is 23.3. The number of nitrogens with one attached hydrogen (secondary N) is 1. The molecule has 162 valence electrons. The fourth-order valence-corrected chi connectivity index (χ4v) is 3.55. The second-order valence-electron chi connectivity index (χ2n) is 6.33. The molecule has 2 aromatic carbocycles. The minimum Gasteiger partial charge on any atom is -0.497 e. The summed E-state index contributed by atoms with van der Waals surface area (Å²) in [6.45, 7) is 2.82. The highest BCUT2D eigenvalue weighted by molar-refractivity contribution is 7.99. The number of rotatable bonds is 10. The molecule has 3 rings (SSSR count). The fourth-order valence-electron chi connectivity index (χ4n) is 2.73. The number of carboxylic acids is 1. The Morgan fingerprint density at radius 3 is 2.55 bits per heavy atom. The molecule has 1 amide bonds. The normalized spacial score (nSPS) is 10.5. The van der Waals surface area contributed by atoms with Gasteiger partial charge in [-0.05, 0) is 49.4 Å². The molecule has 0 unspecified atom stereocenters. The number of aromatic nitrogens is 3. The van der Waals surface area contributed by atoms with Crippen molar-refractivity contribution in [2.45, 2.75) is 25.2 Å². The number of aromatic carboxylic acids is 1. The van der Waals surface area contributed by atoms with E-state index in [0.29, 0.717) is 29.0 Å². The Morgan fingerprint density at radius 1 is 1.13 bits per heavy atom. The van der Waals surface area contributed by atoms with E-state index in [1.807, 2.05) is 35.8 Å². The van der Waals surface area contributed by atoms with Crippen molar-refractivity contribution in [2.75, 3.05) is 18.2 Å². The first-order valence-electron chi connectivity index (χ1n) is 9.45. The van der Waals surface area contributed by atoms with Gasteiger partial charge in [0, 0.05) is 12.2 Å². The van der Waals surface area contributed by atoms with Crippen LogP contribution in [0.25, 0.3) is 0 Å². The molecule has 2 N–H and O–H groups in total. The first-order chi connectivity index (χ1) is 15.0. The third kappa shape index (κ3) is 5.98. The number of carbonyl (C=O) groups is 2. The summed E-state index contributed by atoms with van der Waals surface area (Å²) < 4.78 is 12.8. The molecule has 31 heavy (non-hydrogen) atoms. The summed E-state index contributed by atoms with van der Waals surface area (Å²) in [7, 11) is 1.60. The van der Waals surface area contributed by atoms with E-state index in [9.17, 15) is 9.59 Å². The van der Waals surface area contributed by atoms with E-state index in [0.717, 1.165) is 5.75 Å². The first-order valence-corrected chi connectivity index (χ1v) is 10.4. The van der Waals surface area contributed by atoms with Crippen LogP contribution in [0, 0.1) is 0 Å². The van der Waals surface area contributed by atoms with Crippen LogP contribution in [0.4, 0.5) is 5.69 Å². The number of nitrogens with zero attached hydrogens (tertiary/aromatic N) is 3. The molecule has 0 aliphatic rings. The van der Waals surface area contributed by atoms with Crippen molar-refractivity contribution in [2.24, 2.45) is 0 Å². The lowest BCUT2D eigenvalue weighted by atomic mass is 10.2. The fraction of sp³-hybridized carbons (Fsp3) is 0.238. The van der Waals surface area contributed by atoms with Crippen molar-refractivity contribution < 1.29 is 24.2 Å². The van der Waals surface area contributed by atoms with Gasteiger partial charge < -0.3 is 24.5 Å². The predicted octanol–water partition coefficient (Wildman–Crippen LogP) is 3.31. The topological polar surface area (TPSA) is 116 Å². The highest BCUT2D eigenvalue weighted by atomic mass is 32.2. The molecule has 0 saturated heterocycles. The zero-order valence-corrected chi connectivity index (χ0v) is 17.9. The van der Waals surface area contributed by atoms with Crippen LogP contribution in [0.5, 0.6) is 11.5 Å². The number of benzene rings is 2. The van der Waals surface area contributed by atoms with Gasteiger partial charge in [0.15, 0.2) is 11.0 Å². The smallest absolute Gasteiger partial charge is 0.335 e. The van der Waals surface area contributed by atoms with Gasteiger partial charge in [0.05, 0.1) is 18.4 Å². The van der Waals surface area contributed by atoms with Gasteiger partial charge in [-0.1, -0.05) is 17.8 Å². The standard InChI is InChI=1S/C21H22N4O5S/c1-3-25-18(12-30-17-9-7-16(29-2)8-10-17)23-24-21(25)31-13-19(26)22-15-6-4-5-14(11-15)20(27)28/h4-11H,3,12-13H2,1-2H3,(H,22,26)(H,27,28). The average molecular weight is 442 g/mol. The van der Waals surface area contributed by atoms with Gasteiger partial charge in [-0.25, -0.2) is 4.79 Å². The predicted molar refractivity (Wildman–Crippen MR) is 116 cm³/mol. The van der Waals surface area contributed by atoms with Gasteiger partial charge in [-0.15, -0.1) is 10.2 Å². The number of thioether (sulfide) groups is 1. The van der Waals surface area contributed by atoms with Gasteiger partial charge in [0.2, 0.25) is 5.91 Å². The lowest BCUT2D eigenvalue weighted by molar-refractivity contribution is -0.113. The number of anilines is 1. The van der Waals surface area contributed by atoms with E-state index in [4.69, 9.17) is 14.6 Å². The summed E-state index contributed by atoms with van der Waals surface area (Å²) in [5, 5.41) is 20.7. The van der Waals surface area contributed by atoms with Gasteiger partial charge in [-0.3, -0.25) is 4.79 Å². The van der Waals surface area contributed by atoms with Crippen LogP contribution in [0.1, 0.15) is 23.1 Å². The summed E-state index contributed by atoms with van der Waals surface area (Å²) in [6.07, 6.45) is 0. The molecule has 0 spiro atoms. The summed E-state index contributed by atoms with van der Waals surface area (Å²) >= 11 is 1.25. The molecule has 0 aliphatic heterocycles. The third-order valence-electron chi connectivity index (χ3n) is 4.26. The number of hydrogen-bond donors (Lipinski definition) is 2. The van der Waals surface area contributed by atoms with Crippen molar-refractivity contribution in [1.82, 2.24) is 14.8 Å². The second kappa shape index (κ2) is 10.5. The van der Waals surface area contributed by atoms with E-state index in [-0.39, 0.29) is 23.8 Å². The zero-order valence-electron chi connectivity index (χ0n) is 17.1. The SMILES string of the molecule is CCn1c(COc2ccc(OC)cc2)nnc1SCC(=O)Nc1cccc(C(=O)O)c1. The molecule has 0 atom stereocenters. The number of amides is 1. The Labute approximate surface area is 183 Å². The van der Waals surface area contributed by atoms with Crippen LogP contribution in [-0.4, -0.2) is 44.6 Å². The van der Waals surface area contributed by atoms with E-state index >= 15 is 0 Å². The van der Waals surface area contributed by atoms with Crippen molar-refractivity contribution in [3.8, 4) is 11.5 Å². The van der Waals surface area contributed by atoms with E-state index in [2.05, 4.69) is 15.5 Å². The number of methoxy groups -OCH3 is 1. The maximum Gasteiger partial charge on any atom is 0.335 e. The third-order valence-corrected chi connectivity index (χ3v) is 5.23. The van der Waals surface area contributed by atoms with Crippen LogP contribution in [-0.2, 0) is 17.9 Å². The number of hydrogen-bond acceptors (Lipinski definition) is 7. The summed E-state index contributed by atoms with van der Waals surface area (Å²) in [5.41, 5.74) is 0.536. The quantitative estimate of drug-likeness (QED) is 0.460.